The average Bonchev–Trinajstić information content (AvgIpc) is 3.19. The number of aryl methyl sites for hydroxylation is 2. The summed E-state index contributed by atoms with van der Waals surface area (Å²) in [5, 5.41) is 9.95. The molecule has 2 amide bonds. The number of ether oxygens (including phenoxy) is 2. The third-order valence-electron chi connectivity index (χ3n) is 11.0. The molecule has 0 aliphatic rings. The summed E-state index contributed by atoms with van der Waals surface area (Å²) < 4.78 is 11.2. The molecule has 0 bridgehead atoms. The summed E-state index contributed by atoms with van der Waals surface area (Å²) in [7, 11) is 7.92. The third kappa shape index (κ3) is 13.0. The van der Waals surface area contributed by atoms with Crippen LogP contribution >= 0.6 is 0 Å². The third-order valence-corrected chi connectivity index (χ3v) is 11.0. The number of rotatable bonds is 20. The predicted molar refractivity (Wildman–Crippen MR) is 221 cm³/mol. The molecular formula is C46H63N3O8. The van der Waals surface area contributed by atoms with Crippen LogP contribution in [0.15, 0.2) is 72.8 Å². The number of amides is 2. The lowest BCUT2D eigenvalue weighted by molar-refractivity contribution is -0.163. The molecule has 0 aromatic heterocycles. The molecule has 310 valence electrons. The van der Waals surface area contributed by atoms with Crippen molar-refractivity contribution in [2.45, 2.75) is 97.9 Å². The fraction of sp³-hybridized carbons (Fsp3) is 0.500. The zero-order chi connectivity index (χ0) is 42.6. The summed E-state index contributed by atoms with van der Waals surface area (Å²) in [6.07, 6.45) is -0.0562. The molecule has 11 nitrogen and oxygen atoms in total. The van der Waals surface area contributed by atoms with Crippen molar-refractivity contribution in [2.75, 3.05) is 35.3 Å². The number of benzene rings is 3. The van der Waals surface area contributed by atoms with Gasteiger partial charge in [0.05, 0.1) is 7.11 Å². The molecule has 3 aromatic carbocycles. The molecule has 3 aromatic rings. The van der Waals surface area contributed by atoms with Gasteiger partial charge in [-0.05, 0) is 75.5 Å². The number of hydrogen-bond donors (Lipinski definition) is 1. The highest BCUT2D eigenvalue weighted by atomic mass is 16.5. The molecule has 0 saturated heterocycles. The van der Waals surface area contributed by atoms with Crippen LogP contribution in [0.5, 0.6) is 5.75 Å². The van der Waals surface area contributed by atoms with Crippen LogP contribution < -0.4 is 0 Å². The maximum absolute atomic E-state index is 14.6. The van der Waals surface area contributed by atoms with E-state index in [1.165, 1.54) is 43.1 Å². The van der Waals surface area contributed by atoms with E-state index in [1.54, 1.807) is 31.1 Å². The van der Waals surface area contributed by atoms with Crippen LogP contribution in [0.25, 0.3) is 0 Å². The fourth-order valence-corrected chi connectivity index (χ4v) is 6.79. The number of aromatic hydroxyl groups is 1. The maximum atomic E-state index is 14.6. The van der Waals surface area contributed by atoms with Gasteiger partial charge in [0.2, 0.25) is 11.8 Å². The molecule has 6 atom stereocenters. The molecule has 0 spiro atoms. The number of carbonyl (C=O) groups excluding carboxylic acids is 5. The Hall–Kier alpha value is -5.03. The van der Waals surface area contributed by atoms with Gasteiger partial charge in [-0.3, -0.25) is 24.1 Å². The SMILES string of the molecule is CC[C@H](C)[C@H](OC(=O)[C@@H](Cc1ccc(C)cc1)N(C)C)C(=O)C[C@H](C(=O)N(C)[C@@H](Cc1ccc(O)cc1)C(=O)N(C)[C@H](Cc1ccc(C)cc1)C(=O)OC)C(C)C. The molecule has 0 aliphatic carbocycles. The van der Waals surface area contributed by atoms with Crippen LogP contribution in [0.2, 0.25) is 0 Å². The number of Topliss-reactive ketones (excluding diaryl/α,β-unsaturated/α-hetero) is 1. The number of nitrogens with zero attached hydrogens (tertiary/aromatic N) is 3. The van der Waals surface area contributed by atoms with Gasteiger partial charge < -0.3 is 24.4 Å². The van der Waals surface area contributed by atoms with E-state index in [0.717, 1.165) is 22.3 Å². The highest BCUT2D eigenvalue weighted by Gasteiger charge is 2.40. The summed E-state index contributed by atoms with van der Waals surface area (Å²) in [6.45, 7) is 11.4. The molecule has 0 heterocycles. The number of phenolic OH excluding ortho intramolecular Hbond substituents is 1. The average molecular weight is 786 g/mol. The van der Waals surface area contributed by atoms with Crippen molar-refractivity contribution >= 4 is 29.5 Å². The maximum Gasteiger partial charge on any atom is 0.328 e. The minimum Gasteiger partial charge on any atom is -0.508 e. The van der Waals surface area contributed by atoms with Gasteiger partial charge in [0.1, 0.15) is 23.9 Å². The lowest BCUT2D eigenvalue weighted by atomic mass is 9.85. The minimum absolute atomic E-state index is 0.0500. The van der Waals surface area contributed by atoms with Crippen LogP contribution in [0, 0.1) is 31.6 Å². The van der Waals surface area contributed by atoms with Gasteiger partial charge >= 0.3 is 11.9 Å². The summed E-state index contributed by atoms with van der Waals surface area (Å²) in [5.41, 5.74) is 4.63. The van der Waals surface area contributed by atoms with Crippen LogP contribution in [-0.2, 0) is 52.7 Å². The number of ketones is 1. The van der Waals surface area contributed by atoms with Gasteiger partial charge in [0.15, 0.2) is 11.9 Å². The van der Waals surface area contributed by atoms with Crippen molar-refractivity contribution in [1.29, 1.82) is 0 Å². The second-order valence-corrected chi connectivity index (χ2v) is 15.9. The highest BCUT2D eigenvalue weighted by molar-refractivity contribution is 5.94. The minimum atomic E-state index is -1.08. The molecule has 11 heteroatoms. The van der Waals surface area contributed by atoms with E-state index in [1.807, 2.05) is 90.1 Å². The van der Waals surface area contributed by atoms with E-state index < -0.39 is 53.9 Å². The Morgan fingerprint density at radius 3 is 1.51 bits per heavy atom. The van der Waals surface area contributed by atoms with Crippen LogP contribution in [-0.4, -0.2) is 109 Å². The van der Waals surface area contributed by atoms with Gasteiger partial charge in [-0.15, -0.1) is 0 Å². The Morgan fingerprint density at radius 2 is 1.07 bits per heavy atom. The first-order valence-corrected chi connectivity index (χ1v) is 19.8. The zero-order valence-corrected chi connectivity index (χ0v) is 35.7. The number of methoxy groups -OCH3 is 1. The quantitative estimate of drug-likeness (QED) is 0.137. The van der Waals surface area contributed by atoms with E-state index in [4.69, 9.17) is 9.47 Å². The Labute approximate surface area is 339 Å². The highest BCUT2D eigenvalue weighted by Crippen LogP contribution is 2.26. The zero-order valence-electron chi connectivity index (χ0n) is 35.7. The normalized spacial score (nSPS) is 14.5. The van der Waals surface area contributed by atoms with Gasteiger partial charge in [-0.2, -0.15) is 0 Å². The topological polar surface area (TPSA) is 134 Å². The van der Waals surface area contributed by atoms with Crippen molar-refractivity contribution in [3.63, 3.8) is 0 Å². The summed E-state index contributed by atoms with van der Waals surface area (Å²) in [5.74, 6) is -3.85. The van der Waals surface area contributed by atoms with Crippen molar-refractivity contribution in [3.05, 3.63) is 101 Å². The molecule has 0 fully saturated rings. The molecule has 0 radical (unpaired) electrons. The van der Waals surface area contributed by atoms with E-state index in [2.05, 4.69) is 0 Å². The monoisotopic (exact) mass is 785 g/mol. The second kappa shape index (κ2) is 21.5. The summed E-state index contributed by atoms with van der Waals surface area (Å²) in [6, 6.07) is 19.2. The van der Waals surface area contributed by atoms with Gasteiger partial charge in [-0.25, -0.2) is 4.79 Å². The number of esters is 2. The van der Waals surface area contributed by atoms with Crippen LogP contribution in [0.4, 0.5) is 0 Å². The van der Waals surface area contributed by atoms with Crippen molar-refractivity contribution in [3.8, 4) is 5.75 Å². The Morgan fingerprint density at radius 1 is 0.632 bits per heavy atom. The Kier molecular flexibility index (Phi) is 17.5. The molecule has 0 aliphatic heterocycles. The number of likely N-dealkylation sites (N-methyl/N-ethyl adjacent to an activating group) is 3. The molecule has 3 rings (SSSR count). The van der Waals surface area contributed by atoms with E-state index in [-0.39, 0.29) is 42.6 Å². The largest absolute Gasteiger partial charge is 0.508 e. The molecule has 1 N–H and O–H groups in total. The second-order valence-electron chi connectivity index (χ2n) is 15.9. The Bertz CT molecular complexity index is 1790. The van der Waals surface area contributed by atoms with Gasteiger partial charge in [-0.1, -0.05) is 99.5 Å². The number of phenols is 1. The smallest absolute Gasteiger partial charge is 0.328 e. The molecular weight excluding hydrogens is 723 g/mol. The predicted octanol–water partition coefficient (Wildman–Crippen LogP) is 5.98. The van der Waals surface area contributed by atoms with Gasteiger partial charge in [0, 0.05) is 45.2 Å². The standard InChI is InChI=1S/C46H63N3O8/c1-12-32(6)42(57-46(55)39(47(7)8)26-33-17-13-30(4)14-18-33)41(51)28-37(29(2)3)43(52)48(9)38(25-35-21-23-36(50)24-22-35)44(53)49(10)40(45(54)56-11)27-34-19-15-31(5)16-20-34/h13-24,29,32,37-40,42,50H,12,25-28H2,1-11H3/t32-,37-,38-,39+,40+,42-/m0/s1. The van der Waals surface area contributed by atoms with Crippen LogP contribution in [0.3, 0.4) is 0 Å². The lowest BCUT2D eigenvalue weighted by Gasteiger charge is -2.36. The number of hydrogen-bond acceptors (Lipinski definition) is 9. The first kappa shape index (κ1) is 46.4. The van der Waals surface area contributed by atoms with E-state index in [0.29, 0.717) is 18.4 Å². The molecule has 0 unspecified atom stereocenters. The summed E-state index contributed by atoms with van der Waals surface area (Å²) in [4.78, 5) is 74.7. The fourth-order valence-electron chi connectivity index (χ4n) is 6.79. The molecule has 57 heavy (non-hydrogen) atoms. The van der Waals surface area contributed by atoms with E-state index >= 15 is 0 Å². The van der Waals surface area contributed by atoms with E-state index in [9.17, 15) is 29.1 Å². The molecule has 0 saturated carbocycles. The Balaban J connectivity index is 1.93. The van der Waals surface area contributed by atoms with Crippen molar-refractivity contribution in [2.24, 2.45) is 17.8 Å². The lowest BCUT2D eigenvalue weighted by Crippen LogP contribution is -2.55. The van der Waals surface area contributed by atoms with Gasteiger partial charge in [0.25, 0.3) is 0 Å². The first-order valence-electron chi connectivity index (χ1n) is 19.8. The van der Waals surface area contributed by atoms with Crippen molar-refractivity contribution in [1.82, 2.24) is 14.7 Å². The van der Waals surface area contributed by atoms with Crippen LogP contribution in [0.1, 0.15) is 68.4 Å². The summed E-state index contributed by atoms with van der Waals surface area (Å²) >= 11 is 0. The van der Waals surface area contributed by atoms with Crippen molar-refractivity contribution < 1.29 is 38.6 Å². The first-order chi connectivity index (χ1) is 26.9. The number of carbonyl (C=O) groups is 5.